The van der Waals surface area contributed by atoms with E-state index in [1.807, 2.05) is 43.3 Å². The van der Waals surface area contributed by atoms with Crippen molar-refractivity contribution in [1.82, 2.24) is 4.57 Å². The molecule has 22 heavy (non-hydrogen) atoms. The number of rotatable bonds is 4. The van der Waals surface area contributed by atoms with Gasteiger partial charge in [0, 0.05) is 0 Å². The van der Waals surface area contributed by atoms with Gasteiger partial charge in [-0.3, -0.25) is 9.56 Å². The van der Waals surface area contributed by atoms with Crippen molar-refractivity contribution >= 4 is 35.5 Å². The molecular weight excluding hydrogens is 316 g/mol. The summed E-state index contributed by atoms with van der Waals surface area (Å²) in [6.45, 7) is 2.44. The Balaban J connectivity index is 1.86. The monoisotopic (exact) mass is 330 g/mol. The second kappa shape index (κ2) is 6.29. The normalized spacial score (nSPS) is 11.3. The summed E-state index contributed by atoms with van der Waals surface area (Å²) in [6.07, 6.45) is 3.24. The second-order valence-corrected chi connectivity index (χ2v) is 6.49. The number of aromatic nitrogens is 1. The van der Waals surface area contributed by atoms with Gasteiger partial charge in [-0.2, -0.15) is 0 Å². The van der Waals surface area contributed by atoms with E-state index in [4.69, 9.17) is 16.6 Å². The Kier molecular flexibility index (Phi) is 4.22. The van der Waals surface area contributed by atoms with Crippen molar-refractivity contribution in [3.8, 4) is 5.88 Å². The van der Waals surface area contributed by atoms with Crippen molar-refractivity contribution in [3.63, 3.8) is 0 Å². The fraction of sp³-hybridized carbons (Fsp3) is 0.125. The standard InChI is InChI=1S/C16H14N2O2S2/c1-11-4-6-12(7-5-11)17-9-14-15(19)18(16(21)22-14)10-13-3-2-8-20-13/h2-9,19H,10H2,1H3. The summed E-state index contributed by atoms with van der Waals surface area (Å²) >= 11 is 6.62. The molecule has 112 valence electrons. The van der Waals surface area contributed by atoms with Crippen molar-refractivity contribution in [2.45, 2.75) is 13.5 Å². The van der Waals surface area contributed by atoms with Crippen LogP contribution in [0.1, 0.15) is 16.2 Å². The van der Waals surface area contributed by atoms with Gasteiger partial charge in [0.2, 0.25) is 5.88 Å². The van der Waals surface area contributed by atoms with Gasteiger partial charge < -0.3 is 9.52 Å². The molecule has 0 bridgehead atoms. The van der Waals surface area contributed by atoms with Crippen LogP contribution in [0.2, 0.25) is 0 Å². The highest BCUT2D eigenvalue weighted by molar-refractivity contribution is 7.73. The summed E-state index contributed by atoms with van der Waals surface area (Å²) in [5.41, 5.74) is 2.02. The molecule has 2 aromatic heterocycles. The van der Waals surface area contributed by atoms with Gasteiger partial charge in [-0.05, 0) is 43.4 Å². The van der Waals surface area contributed by atoms with Gasteiger partial charge in [-0.25, -0.2) is 0 Å². The number of aryl methyl sites for hydroxylation is 1. The molecule has 0 saturated carbocycles. The molecule has 0 unspecified atom stereocenters. The van der Waals surface area contributed by atoms with E-state index in [2.05, 4.69) is 4.99 Å². The van der Waals surface area contributed by atoms with Gasteiger partial charge in [0.25, 0.3) is 0 Å². The summed E-state index contributed by atoms with van der Waals surface area (Å²) in [5, 5.41) is 10.3. The van der Waals surface area contributed by atoms with Gasteiger partial charge in [0.15, 0.2) is 3.95 Å². The predicted octanol–water partition coefficient (Wildman–Crippen LogP) is 4.69. The molecule has 0 aliphatic heterocycles. The van der Waals surface area contributed by atoms with Crippen LogP contribution in [0, 0.1) is 10.9 Å². The highest BCUT2D eigenvalue weighted by atomic mass is 32.1. The van der Waals surface area contributed by atoms with E-state index >= 15 is 0 Å². The maximum Gasteiger partial charge on any atom is 0.212 e. The van der Waals surface area contributed by atoms with Crippen LogP contribution in [0.4, 0.5) is 5.69 Å². The molecule has 0 fully saturated rings. The Morgan fingerprint density at radius 2 is 2.09 bits per heavy atom. The number of benzene rings is 1. The fourth-order valence-corrected chi connectivity index (χ4v) is 3.14. The average molecular weight is 330 g/mol. The van der Waals surface area contributed by atoms with Gasteiger partial charge in [-0.1, -0.05) is 29.0 Å². The van der Waals surface area contributed by atoms with Crippen molar-refractivity contribution in [2.24, 2.45) is 4.99 Å². The quantitative estimate of drug-likeness (QED) is 0.558. The largest absolute Gasteiger partial charge is 0.493 e. The van der Waals surface area contributed by atoms with Crippen LogP contribution in [-0.2, 0) is 6.54 Å². The van der Waals surface area contributed by atoms with Crippen molar-refractivity contribution in [2.75, 3.05) is 0 Å². The summed E-state index contributed by atoms with van der Waals surface area (Å²) in [4.78, 5) is 5.01. The third-order valence-corrected chi connectivity index (χ3v) is 4.53. The third-order valence-electron chi connectivity index (χ3n) is 3.15. The van der Waals surface area contributed by atoms with Crippen LogP contribution in [0.15, 0.2) is 52.1 Å². The van der Waals surface area contributed by atoms with Crippen LogP contribution in [0.5, 0.6) is 5.88 Å². The van der Waals surface area contributed by atoms with Gasteiger partial charge >= 0.3 is 0 Å². The van der Waals surface area contributed by atoms with Crippen LogP contribution in [0.3, 0.4) is 0 Å². The van der Waals surface area contributed by atoms with E-state index < -0.39 is 0 Å². The zero-order valence-corrected chi connectivity index (χ0v) is 13.5. The lowest BCUT2D eigenvalue weighted by Crippen LogP contribution is -1.97. The highest BCUT2D eigenvalue weighted by Gasteiger charge is 2.11. The Morgan fingerprint density at radius 1 is 1.32 bits per heavy atom. The molecule has 0 saturated heterocycles. The lowest BCUT2D eigenvalue weighted by molar-refractivity contribution is 0.407. The number of nitrogens with zero attached hydrogens (tertiary/aromatic N) is 2. The van der Waals surface area contributed by atoms with Crippen LogP contribution < -0.4 is 0 Å². The zero-order valence-electron chi connectivity index (χ0n) is 11.9. The Labute approximate surface area is 137 Å². The van der Waals surface area contributed by atoms with Crippen LogP contribution >= 0.6 is 23.6 Å². The van der Waals surface area contributed by atoms with E-state index in [9.17, 15) is 5.11 Å². The molecule has 0 radical (unpaired) electrons. The number of hydrogen-bond donors (Lipinski definition) is 1. The summed E-state index contributed by atoms with van der Waals surface area (Å²) in [7, 11) is 0. The fourth-order valence-electron chi connectivity index (χ4n) is 1.96. The number of hydrogen-bond acceptors (Lipinski definition) is 5. The van der Waals surface area contributed by atoms with E-state index in [1.165, 1.54) is 16.9 Å². The molecule has 0 aliphatic rings. The maximum absolute atomic E-state index is 10.3. The first kappa shape index (κ1) is 14.7. The molecular formula is C16H14N2O2S2. The van der Waals surface area contributed by atoms with Gasteiger partial charge in [0.05, 0.1) is 24.7 Å². The summed E-state index contributed by atoms with van der Waals surface area (Å²) in [6, 6.07) is 11.5. The minimum Gasteiger partial charge on any atom is -0.493 e. The van der Waals surface area contributed by atoms with Crippen LogP contribution in [-0.4, -0.2) is 15.9 Å². The van der Waals surface area contributed by atoms with Crippen molar-refractivity contribution in [3.05, 3.63) is 62.8 Å². The Morgan fingerprint density at radius 3 is 2.77 bits per heavy atom. The molecule has 0 atom stereocenters. The number of furan rings is 1. The first-order valence-electron chi connectivity index (χ1n) is 6.69. The summed E-state index contributed by atoms with van der Waals surface area (Å²) < 4.78 is 7.51. The molecule has 1 aromatic carbocycles. The first-order valence-corrected chi connectivity index (χ1v) is 7.91. The number of aliphatic imine (C=N–C) groups is 1. The summed E-state index contributed by atoms with van der Waals surface area (Å²) in [5.74, 6) is 0.855. The molecule has 1 N–H and O–H groups in total. The minimum absolute atomic E-state index is 0.113. The van der Waals surface area contributed by atoms with E-state index in [0.717, 1.165) is 11.4 Å². The smallest absolute Gasteiger partial charge is 0.212 e. The zero-order chi connectivity index (χ0) is 15.5. The molecule has 0 aliphatic carbocycles. The number of aromatic hydroxyl groups is 1. The van der Waals surface area contributed by atoms with E-state index in [0.29, 0.717) is 15.4 Å². The number of thiazole rings is 1. The Bertz CT molecular complexity index is 843. The Hall–Kier alpha value is -2.18. The topological polar surface area (TPSA) is 50.7 Å². The molecule has 6 heteroatoms. The first-order chi connectivity index (χ1) is 10.6. The highest BCUT2D eigenvalue weighted by Crippen LogP contribution is 2.26. The lowest BCUT2D eigenvalue weighted by atomic mass is 10.2. The third kappa shape index (κ3) is 3.18. The SMILES string of the molecule is Cc1ccc(N=Cc2sc(=S)n(Cc3ccco3)c2O)cc1. The minimum atomic E-state index is 0.113. The molecule has 0 spiro atoms. The van der Waals surface area contributed by atoms with Crippen LogP contribution in [0.25, 0.3) is 0 Å². The van der Waals surface area contributed by atoms with E-state index in [-0.39, 0.29) is 5.88 Å². The molecule has 2 heterocycles. The van der Waals surface area contributed by atoms with Gasteiger partial charge in [0.1, 0.15) is 10.6 Å². The maximum atomic E-state index is 10.3. The predicted molar refractivity (Wildman–Crippen MR) is 91.1 cm³/mol. The second-order valence-electron chi connectivity index (χ2n) is 4.82. The van der Waals surface area contributed by atoms with Crippen molar-refractivity contribution in [1.29, 1.82) is 0 Å². The average Bonchev–Trinajstić information content (AvgIpc) is 3.11. The molecule has 0 amide bonds. The molecule has 3 aromatic rings. The molecule has 4 nitrogen and oxygen atoms in total. The van der Waals surface area contributed by atoms with Gasteiger partial charge in [-0.15, -0.1) is 0 Å². The lowest BCUT2D eigenvalue weighted by Gasteiger charge is -2.01. The molecule has 3 rings (SSSR count). The van der Waals surface area contributed by atoms with Crippen molar-refractivity contribution < 1.29 is 9.52 Å². The van der Waals surface area contributed by atoms with E-state index in [1.54, 1.807) is 17.0 Å².